The third-order valence-corrected chi connectivity index (χ3v) is 17.6. The van der Waals surface area contributed by atoms with Crippen LogP contribution in [0.2, 0.25) is 0 Å². The van der Waals surface area contributed by atoms with Gasteiger partial charge < -0.3 is 20.3 Å². The van der Waals surface area contributed by atoms with Gasteiger partial charge in [-0.1, -0.05) is 392 Å². The van der Waals surface area contributed by atoms with Crippen LogP contribution in [-0.4, -0.2) is 47.4 Å². The lowest BCUT2D eigenvalue weighted by molar-refractivity contribution is -0.143. The third kappa shape index (κ3) is 65.7. The van der Waals surface area contributed by atoms with Crippen molar-refractivity contribution in [2.75, 3.05) is 13.2 Å². The van der Waals surface area contributed by atoms with E-state index in [2.05, 4.69) is 19.2 Å². The number of carbonyl (C=O) groups excluding carboxylic acids is 2. The molecule has 6 nitrogen and oxygen atoms in total. The molecule has 1 amide bonds. The number of ether oxygens (including phenoxy) is 1. The minimum atomic E-state index is -0.841. The standard InChI is InChI=1S/C74H145NO5/c1-3-5-7-9-11-13-15-17-19-20-32-36-40-44-48-52-56-60-64-68-74(79)80-69-65-61-57-53-49-45-41-37-34-31-29-27-25-23-21-22-24-26-28-30-33-35-39-43-47-51-55-59-63-67-73(78)75-71(70-76)72(77)66-62-58-54-50-46-42-38-18-16-14-12-10-8-6-4-2/h62,66,71-72,76-77H,3-61,63-65,67-70H2,1-2H3,(H,75,78)/b66-62+. The monoisotopic (exact) mass is 1130 g/mol. The molecule has 0 aromatic carbocycles. The Balaban J connectivity index is 3.32. The van der Waals surface area contributed by atoms with E-state index in [1.165, 1.54) is 360 Å². The molecule has 0 aliphatic heterocycles. The maximum Gasteiger partial charge on any atom is 0.305 e. The molecule has 2 atom stereocenters. The molecule has 0 bridgehead atoms. The molecule has 0 radical (unpaired) electrons. The van der Waals surface area contributed by atoms with E-state index in [-0.39, 0.29) is 18.5 Å². The lowest BCUT2D eigenvalue weighted by Crippen LogP contribution is -2.45. The zero-order chi connectivity index (χ0) is 57.8. The highest BCUT2D eigenvalue weighted by Gasteiger charge is 2.18. The van der Waals surface area contributed by atoms with Crippen molar-refractivity contribution in [1.82, 2.24) is 5.32 Å². The van der Waals surface area contributed by atoms with E-state index in [1.54, 1.807) is 6.08 Å². The topological polar surface area (TPSA) is 95.9 Å². The van der Waals surface area contributed by atoms with Crippen molar-refractivity contribution in [2.24, 2.45) is 0 Å². The van der Waals surface area contributed by atoms with Crippen molar-refractivity contribution >= 4 is 11.9 Å². The quantitative estimate of drug-likeness (QED) is 0.0320. The van der Waals surface area contributed by atoms with Gasteiger partial charge in [0.25, 0.3) is 0 Å². The maximum absolute atomic E-state index is 12.5. The predicted octanol–water partition coefficient (Wildman–Crippen LogP) is 23.9. The van der Waals surface area contributed by atoms with Crippen LogP contribution in [0.15, 0.2) is 12.2 Å². The van der Waals surface area contributed by atoms with Crippen molar-refractivity contribution in [3.63, 3.8) is 0 Å². The van der Waals surface area contributed by atoms with Crippen LogP contribution in [0.3, 0.4) is 0 Å². The second kappa shape index (κ2) is 70.1. The first kappa shape index (κ1) is 78.6. The van der Waals surface area contributed by atoms with Gasteiger partial charge in [-0.25, -0.2) is 0 Å². The molecular weight excluding hydrogens is 983 g/mol. The Bertz CT molecular complexity index is 1210. The Kier molecular flexibility index (Phi) is 68.9. The molecule has 80 heavy (non-hydrogen) atoms. The highest BCUT2D eigenvalue weighted by atomic mass is 16.5. The Morgan fingerprint density at radius 1 is 0.338 bits per heavy atom. The molecule has 0 saturated carbocycles. The Hall–Kier alpha value is -1.40. The van der Waals surface area contributed by atoms with E-state index in [0.717, 1.165) is 38.5 Å². The summed E-state index contributed by atoms with van der Waals surface area (Å²) in [6.07, 6.45) is 87.4. The number of amides is 1. The number of carbonyl (C=O) groups is 2. The van der Waals surface area contributed by atoms with Crippen LogP contribution in [-0.2, 0) is 14.3 Å². The van der Waals surface area contributed by atoms with Gasteiger partial charge in [-0.2, -0.15) is 0 Å². The number of hydrogen-bond donors (Lipinski definition) is 3. The molecule has 0 fully saturated rings. The summed E-state index contributed by atoms with van der Waals surface area (Å²) in [4.78, 5) is 24.6. The smallest absolute Gasteiger partial charge is 0.305 e. The summed E-state index contributed by atoms with van der Waals surface area (Å²) < 4.78 is 5.52. The van der Waals surface area contributed by atoms with Gasteiger partial charge in [0.1, 0.15) is 0 Å². The Morgan fingerprint density at radius 3 is 0.850 bits per heavy atom. The van der Waals surface area contributed by atoms with Gasteiger partial charge in [0.05, 0.1) is 25.4 Å². The number of unbranched alkanes of at least 4 members (excludes halogenated alkanes) is 59. The van der Waals surface area contributed by atoms with Crippen LogP contribution < -0.4 is 5.32 Å². The van der Waals surface area contributed by atoms with E-state index in [1.807, 2.05) is 6.08 Å². The normalized spacial score (nSPS) is 12.5. The molecule has 0 aromatic heterocycles. The Morgan fingerprint density at radius 2 is 0.575 bits per heavy atom. The van der Waals surface area contributed by atoms with Gasteiger partial charge in [0.15, 0.2) is 0 Å². The fourth-order valence-corrected chi connectivity index (χ4v) is 11.9. The first-order valence-corrected chi connectivity index (χ1v) is 37.0. The summed E-state index contributed by atoms with van der Waals surface area (Å²) in [6, 6.07) is -0.624. The molecule has 6 heteroatoms. The lowest BCUT2D eigenvalue weighted by Gasteiger charge is -2.20. The third-order valence-electron chi connectivity index (χ3n) is 17.6. The van der Waals surface area contributed by atoms with E-state index >= 15 is 0 Å². The summed E-state index contributed by atoms with van der Waals surface area (Å²) in [6.45, 7) is 4.95. The molecule has 3 N–H and O–H groups in total. The fourth-order valence-electron chi connectivity index (χ4n) is 11.9. The second-order valence-corrected chi connectivity index (χ2v) is 25.6. The molecular formula is C74H145NO5. The van der Waals surface area contributed by atoms with E-state index in [0.29, 0.717) is 19.4 Å². The summed E-state index contributed by atoms with van der Waals surface area (Å²) in [5, 5.41) is 23.2. The average molecular weight is 1130 g/mol. The van der Waals surface area contributed by atoms with Gasteiger partial charge in [-0.15, -0.1) is 0 Å². The van der Waals surface area contributed by atoms with Crippen LogP contribution in [0, 0.1) is 0 Å². The molecule has 0 rings (SSSR count). The van der Waals surface area contributed by atoms with Gasteiger partial charge in [-0.3, -0.25) is 9.59 Å². The second-order valence-electron chi connectivity index (χ2n) is 25.6. The molecule has 0 spiro atoms. The summed E-state index contributed by atoms with van der Waals surface area (Å²) >= 11 is 0. The maximum atomic E-state index is 12.5. The number of aliphatic hydroxyl groups excluding tert-OH is 2. The zero-order valence-corrected chi connectivity index (χ0v) is 54.6. The number of nitrogens with one attached hydrogen (secondary N) is 1. The van der Waals surface area contributed by atoms with Gasteiger partial charge >= 0.3 is 5.97 Å². The molecule has 2 unspecified atom stereocenters. The molecule has 0 aromatic rings. The van der Waals surface area contributed by atoms with E-state index in [4.69, 9.17) is 4.74 Å². The van der Waals surface area contributed by atoms with Crippen LogP contribution in [0.5, 0.6) is 0 Å². The van der Waals surface area contributed by atoms with Crippen molar-refractivity contribution in [1.29, 1.82) is 0 Å². The summed E-state index contributed by atoms with van der Waals surface area (Å²) in [5.74, 6) is -0.0363. The molecule has 476 valence electrons. The van der Waals surface area contributed by atoms with Gasteiger partial charge in [0, 0.05) is 12.8 Å². The lowest BCUT2D eigenvalue weighted by atomic mass is 10.0. The summed E-state index contributed by atoms with van der Waals surface area (Å²) in [7, 11) is 0. The number of aliphatic hydroxyl groups is 2. The number of hydrogen-bond acceptors (Lipinski definition) is 5. The first-order valence-electron chi connectivity index (χ1n) is 37.0. The SMILES string of the molecule is CCCCCCCCCCCCCCC/C=C/C(O)C(CO)NC(=O)CCCCCCCCCCCCCCCCCCCCCCCCCCCCCCCOC(=O)CCCCCCCCCCCCCCCCCCCCC. The highest BCUT2D eigenvalue weighted by Crippen LogP contribution is 2.20. The molecule has 0 aliphatic carbocycles. The van der Waals surface area contributed by atoms with Crippen LogP contribution >= 0.6 is 0 Å². The molecule has 0 saturated heterocycles. The van der Waals surface area contributed by atoms with Crippen molar-refractivity contribution in [3.8, 4) is 0 Å². The minimum Gasteiger partial charge on any atom is -0.466 e. The first-order chi connectivity index (χ1) is 39.5. The number of allylic oxidation sites excluding steroid dienone is 1. The van der Waals surface area contributed by atoms with Crippen LogP contribution in [0.1, 0.15) is 425 Å². The predicted molar refractivity (Wildman–Crippen MR) is 352 cm³/mol. The van der Waals surface area contributed by atoms with Crippen molar-refractivity contribution < 1.29 is 24.5 Å². The molecule has 0 aliphatic rings. The van der Waals surface area contributed by atoms with Crippen LogP contribution in [0.25, 0.3) is 0 Å². The van der Waals surface area contributed by atoms with E-state index in [9.17, 15) is 19.8 Å². The summed E-state index contributed by atoms with van der Waals surface area (Å²) in [5.41, 5.74) is 0. The van der Waals surface area contributed by atoms with Gasteiger partial charge in [0.2, 0.25) is 5.91 Å². The zero-order valence-electron chi connectivity index (χ0n) is 54.6. The van der Waals surface area contributed by atoms with E-state index < -0.39 is 12.1 Å². The average Bonchev–Trinajstić information content (AvgIpc) is 3.46. The van der Waals surface area contributed by atoms with Crippen molar-refractivity contribution in [2.45, 2.75) is 437 Å². The molecule has 0 heterocycles. The largest absolute Gasteiger partial charge is 0.466 e. The Labute approximate surface area is 501 Å². The van der Waals surface area contributed by atoms with Gasteiger partial charge in [-0.05, 0) is 32.1 Å². The number of rotatable bonds is 70. The minimum absolute atomic E-state index is 0.0250. The highest BCUT2D eigenvalue weighted by molar-refractivity contribution is 5.76. The fraction of sp³-hybridized carbons (Fsp3) is 0.946. The van der Waals surface area contributed by atoms with Crippen molar-refractivity contribution in [3.05, 3.63) is 12.2 Å². The number of esters is 1. The van der Waals surface area contributed by atoms with Crippen LogP contribution in [0.4, 0.5) is 0 Å².